The van der Waals surface area contributed by atoms with Crippen molar-refractivity contribution in [3.05, 3.63) is 216 Å². The summed E-state index contributed by atoms with van der Waals surface area (Å²) >= 11 is 0. The van der Waals surface area contributed by atoms with Gasteiger partial charge in [-0.05, 0) is 80.6 Å². The summed E-state index contributed by atoms with van der Waals surface area (Å²) in [5.41, 5.74) is 12.2. The van der Waals surface area contributed by atoms with E-state index >= 15 is 0 Å². The van der Waals surface area contributed by atoms with Crippen molar-refractivity contribution >= 4 is 44.1 Å². The molecule has 0 N–H and O–H groups in total. The second kappa shape index (κ2) is 13.0. The fourth-order valence-corrected chi connectivity index (χ4v) is 8.54. The third-order valence-corrected chi connectivity index (χ3v) is 11.3. The average molecular weight is 729 g/mol. The Morgan fingerprint density at radius 2 is 0.772 bits per heavy atom. The molecule has 0 aliphatic heterocycles. The van der Waals surface area contributed by atoms with Crippen molar-refractivity contribution in [2.75, 3.05) is 0 Å². The highest BCUT2D eigenvalue weighted by Crippen LogP contribution is 2.42. The molecule has 57 heavy (non-hydrogen) atoms. The van der Waals surface area contributed by atoms with E-state index in [-0.39, 0.29) is 11.6 Å². The molecule has 4 heteroatoms. The van der Waals surface area contributed by atoms with Crippen molar-refractivity contribution in [1.82, 2.24) is 9.55 Å². The first-order chi connectivity index (χ1) is 28.1. The Morgan fingerprint density at radius 1 is 0.333 bits per heavy atom. The van der Waals surface area contributed by atoms with Gasteiger partial charge in [0.05, 0.1) is 11.0 Å². The Bertz CT molecular complexity index is 3240. The van der Waals surface area contributed by atoms with E-state index in [1.165, 1.54) is 16.5 Å². The van der Waals surface area contributed by atoms with E-state index in [4.69, 9.17) is 4.98 Å². The van der Waals surface area contributed by atoms with Gasteiger partial charge in [-0.3, -0.25) is 14.2 Å². The van der Waals surface area contributed by atoms with Gasteiger partial charge in [-0.2, -0.15) is 0 Å². The van der Waals surface area contributed by atoms with Crippen LogP contribution in [0.25, 0.3) is 83.0 Å². The molecule has 0 radical (unpaired) electrons. The highest BCUT2D eigenvalue weighted by atomic mass is 16.1. The Morgan fingerprint density at radius 3 is 1.40 bits per heavy atom. The van der Waals surface area contributed by atoms with Gasteiger partial charge in [-0.25, -0.2) is 4.98 Å². The van der Waals surface area contributed by atoms with Crippen LogP contribution in [0.4, 0.5) is 0 Å². The molecule has 11 rings (SSSR count). The van der Waals surface area contributed by atoms with Crippen LogP contribution in [0.3, 0.4) is 0 Å². The molecule has 0 saturated heterocycles. The number of imidazole rings is 1. The number of carbonyl (C=O) groups is 2. The number of rotatable bonds is 5. The molecule has 0 amide bonds. The van der Waals surface area contributed by atoms with Crippen LogP contribution in [-0.2, 0) is 0 Å². The molecule has 1 aliphatic carbocycles. The zero-order valence-corrected chi connectivity index (χ0v) is 30.7. The lowest BCUT2D eigenvalue weighted by Gasteiger charge is -2.18. The number of hydrogen-bond donors (Lipinski definition) is 0. The third-order valence-electron chi connectivity index (χ3n) is 11.3. The molecule has 0 atom stereocenters. The summed E-state index contributed by atoms with van der Waals surface area (Å²) in [4.78, 5) is 32.3. The van der Waals surface area contributed by atoms with Gasteiger partial charge in [-0.15, -0.1) is 0 Å². The molecule has 10 aromatic rings. The summed E-state index contributed by atoms with van der Waals surface area (Å²) in [5, 5.41) is 4.53. The Balaban J connectivity index is 1.11. The molecular formula is C53H32N2O2. The molecule has 0 fully saturated rings. The smallest absolute Gasteiger partial charge is 0.194 e. The summed E-state index contributed by atoms with van der Waals surface area (Å²) in [6, 6.07) is 66.0. The molecule has 0 bridgehead atoms. The number of fused-ring (bicyclic) bond motifs is 8. The summed E-state index contributed by atoms with van der Waals surface area (Å²) in [7, 11) is 0. The van der Waals surface area contributed by atoms with Crippen LogP contribution in [-0.4, -0.2) is 21.1 Å². The van der Waals surface area contributed by atoms with Crippen LogP contribution in [0.5, 0.6) is 0 Å². The van der Waals surface area contributed by atoms with E-state index in [1.807, 2.05) is 18.2 Å². The third kappa shape index (κ3) is 5.26. The van der Waals surface area contributed by atoms with Crippen molar-refractivity contribution in [3.63, 3.8) is 0 Å². The summed E-state index contributed by atoms with van der Waals surface area (Å²) in [5.74, 6) is 0.592. The van der Waals surface area contributed by atoms with E-state index in [0.29, 0.717) is 22.3 Å². The molecular weight excluding hydrogens is 697 g/mol. The van der Waals surface area contributed by atoms with Crippen LogP contribution in [0.1, 0.15) is 31.8 Å². The van der Waals surface area contributed by atoms with Crippen molar-refractivity contribution in [2.45, 2.75) is 0 Å². The van der Waals surface area contributed by atoms with Gasteiger partial charge < -0.3 is 0 Å². The molecule has 1 heterocycles. The maximum atomic E-state index is 13.5. The lowest BCUT2D eigenvalue weighted by atomic mass is 9.83. The Hall–Kier alpha value is -7.69. The molecule has 0 spiro atoms. The maximum absolute atomic E-state index is 13.5. The van der Waals surface area contributed by atoms with Crippen molar-refractivity contribution in [1.29, 1.82) is 0 Å². The molecule has 9 aromatic carbocycles. The highest BCUT2D eigenvalue weighted by Gasteiger charge is 2.29. The monoisotopic (exact) mass is 728 g/mol. The summed E-state index contributed by atoms with van der Waals surface area (Å²) < 4.78 is 2.29. The van der Waals surface area contributed by atoms with E-state index in [0.717, 1.165) is 66.5 Å². The van der Waals surface area contributed by atoms with Gasteiger partial charge in [-0.1, -0.05) is 158 Å². The predicted molar refractivity (Wildman–Crippen MR) is 231 cm³/mol. The molecule has 266 valence electrons. The maximum Gasteiger partial charge on any atom is 0.194 e. The SMILES string of the molecule is O=C1c2ccccc2C(=O)c2cc(-c3ccc(-c4nc5c6ccc(-c7ccccc7)cc6c6cc(-c7ccccc7)ccc6c5n4-c4ccccc4)cc3)ccc21. The van der Waals surface area contributed by atoms with Gasteiger partial charge in [0, 0.05) is 44.3 Å². The number of para-hydroxylation sites is 1. The first-order valence-corrected chi connectivity index (χ1v) is 19.1. The first-order valence-electron chi connectivity index (χ1n) is 19.1. The van der Waals surface area contributed by atoms with Crippen LogP contribution >= 0.6 is 0 Å². The van der Waals surface area contributed by atoms with Gasteiger partial charge in [0.2, 0.25) is 0 Å². The number of ketones is 2. The predicted octanol–water partition coefficient (Wildman–Crippen LogP) is 12.8. The lowest BCUT2D eigenvalue weighted by Crippen LogP contribution is -2.20. The van der Waals surface area contributed by atoms with E-state index in [1.54, 1.807) is 30.3 Å². The topological polar surface area (TPSA) is 52.0 Å². The minimum Gasteiger partial charge on any atom is -0.292 e. The average Bonchev–Trinajstić information content (AvgIpc) is 3.70. The van der Waals surface area contributed by atoms with Gasteiger partial charge in [0.25, 0.3) is 0 Å². The largest absolute Gasteiger partial charge is 0.292 e. The van der Waals surface area contributed by atoms with Gasteiger partial charge in [0.15, 0.2) is 11.6 Å². The highest BCUT2D eigenvalue weighted by molar-refractivity contribution is 6.29. The Kier molecular flexibility index (Phi) is 7.44. The minimum atomic E-state index is -0.124. The van der Waals surface area contributed by atoms with E-state index < -0.39 is 0 Å². The van der Waals surface area contributed by atoms with Crippen molar-refractivity contribution in [3.8, 4) is 50.5 Å². The zero-order valence-electron chi connectivity index (χ0n) is 30.7. The number of benzene rings is 9. The second-order valence-corrected chi connectivity index (χ2v) is 14.6. The number of hydrogen-bond acceptors (Lipinski definition) is 3. The fraction of sp³-hybridized carbons (Fsp3) is 0. The molecule has 1 aromatic heterocycles. The number of aromatic nitrogens is 2. The molecule has 4 nitrogen and oxygen atoms in total. The zero-order chi connectivity index (χ0) is 38.0. The van der Waals surface area contributed by atoms with Crippen molar-refractivity contribution in [2.24, 2.45) is 0 Å². The Labute approximate surface area is 329 Å². The van der Waals surface area contributed by atoms with Crippen LogP contribution in [0.15, 0.2) is 194 Å². The van der Waals surface area contributed by atoms with Gasteiger partial charge >= 0.3 is 0 Å². The number of nitrogens with zero attached hydrogens (tertiary/aromatic N) is 2. The molecule has 0 unspecified atom stereocenters. The standard InChI is InChI=1S/C53H32N2O2/c56-51-43-18-10-11-19-44(43)52(57)48-32-39(26-29-45(48)51)35-20-22-36(23-21-35)53-54-49-41-27-24-37(33-12-4-1-5-13-33)30-46(41)47-31-38(34-14-6-2-7-15-34)25-28-42(47)50(49)55(53)40-16-8-3-9-17-40/h1-32H. The quantitative estimate of drug-likeness (QED) is 0.166. The van der Waals surface area contributed by atoms with Crippen LogP contribution in [0, 0.1) is 0 Å². The molecule has 0 saturated carbocycles. The van der Waals surface area contributed by atoms with Crippen molar-refractivity contribution < 1.29 is 9.59 Å². The van der Waals surface area contributed by atoms with Crippen LogP contribution in [0.2, 0.25) is 0 Å². The summed E-state index contributed by atoms with van der Waals surface area (Å²) in [6.45, 7) is 0. The van der Waals surface area contributed by atoms with Gasteiger partial charge in [0.1, 0.15) is 5.82 Å². The molecule has 1 aliphatic rings. The first kappa shape index (κ1) is 32.7. The van der Waals surface area contributed by atoms with E-state index in [9.17, 15) is 9.59 Å². The van der Waals surface area contributed by atoms with Crippen LogP contribution < -0.4 is 0 Å². The summed E-state index contributed by atoms with van der Waals surface area (Å²) in [6.07, 6.45) is 0. The fourth-order valence-electron chi connectivity index (χ4n) is 8.54. The minimum absolute atomic E-state index is 0.116. The number of carbonyl (C=O) groups excluding carboxylic acids is 2. The lowest BCUT2D eigenvalue weighted by molar-refractivity contribution is 0.0979. The normalized spacial score (nSPS) is 12.3. The second-order valence-electron chi connectivity index (χ2n) is 14.6. The van der Waals surface area contributed by atoms with E-state index in [2.05, 4.69) is 150 Å².